The normalized spacial score (nSPS) is 13.7. The zero-order chi connectivity index (χ0) is 19.0. The lowest BCUT2D eigenvalue weighted by Crippen LogP contribution is -2.26. The van der Waals surface area contributed by atoms with E-state index in [1.807, 2.05) is 0 Å². The van der Waals surface area contributed by atoms with Crippen molar-refractivity contribution in [1.29, 1.82) is 0 Å². The molecule has 1 fully saturated rings. The molecule has 4 rings (SSSR count). The van der Waals surface area contributed by atoms with Crippen LogP contribution in [0.1, 0.15) is 23.2 Å². The number of nitrogens with one attached hydrogen (secondary N) is 3. The summed E-state index contributed by atoms with van der Waals surface area (Å²) < 4.78 is 15.8. The molecule has 9 heteroatoms. The summed E-state index contributed by atoms with van der Waals surface area (Å²) in [6.07, 6.45) is 3.56. The Bertz CT molecular complexity index is 1020. The van der Waals surface area contributed by atoms with E-state index in [-0.39, 0.29) is 16.8 Å². The van der Waals surface area contributed by atoms with Crippen molar-refractivity contribution >= 4 is 55.8 Å². The number of fused-ring (bicyclic) bond motifs is 1. The van der Waals surface area contributed by atoms with Crippen LogP contribution in [0, 0.1) is 11.7 Å². The van der Waals surface area contributed by atoms with Gasteiger partial charge in [0.2, 0.25) is 0 Å². The monoisotopic (exact) mass is 452 g/mol. The van der Waals surface area contributed by atoms with E-state index >= 15 is 4.39 Å². The maximum atomic E-state index is 15.1. The predicted octanol–water partition coefficient (Wildman–Crippen LogP) is 4.93. The van der Waals surface area contributed by atoms with Crippen molar-refractivity contribution in [3.8, 4) is 0 Å². The smallest absolute Gasteiger partial charge is 0.277 e. The minimum absolute atomic E-state index is 0.0219. The lowest BCUT2D eigenvalue weighted by molar-refractivity contribution is 0.0271. The second-order valence-electron chi connectivity index (χ2n) is 6.35. The van der Waals surface area contributed by atoms with Crippen LogP contribution in [0.25, 0.3) is 11.0 Å². The molecule has 140 valence electrons. The number of benzene rings is 2. The molecular formula is C18H15BrClFN4O2. The van der Waals surface area contributed by atoms with Crippen molar-refractivity contribution in [3.05, 3.63) is 51.5 Å². The molecule has 6 nitrogen and oxygen atoms in total. The van der Waals surface area contributed by atoms with Gasteiger partial charge in [-0.15, -0.1) is 0 Å². The average Bonchev–Trinajstić information content (AvgIpc) is 3.33. The first kappa shape index (κ1) is 18.2. The van der Waals surface area contributed by atoms with Gasteiger partial charge in [0, 0.05) is 4.47 Å². The van der Waals surface area contributed by atoms with Crippen molar-refractivity contribution in [3.63, 3.8) is 0 Å². The third-order valence-corrected chi connectivity index (χ3v) is 5.08. The van der Waals surface area contributed by atoms with Crippen molar-refractivity contribution in [2.45, 2.75) is 12.8 Å². The first-order valence-corrected chi connectivity index (χ1v) is 9.50. The number of carbonyl (C=O) groups excluding carboxylic acids is 1. The van der Waals surface area contributed by atoms with Crippen molar-refractivity contribution in [2.75, 3.05) is 11.9 Å². The molecule has 0 aliphatic heterocycles. The molecule has 27 heavy (non-hydrogen) atoms. The fourth-order valence-electron chi connectivity index (χ4n) is 2.63. The van der Waals surface area contributed by atoms with Gasteiger partial charge in [0.05, 0.1) is 40.4 Å². The van der Waals surface area contributed by atoms with E-state index in [2.05, 4.69) is 36.7 Å². The Morgan fingerprint density at radius 1 is 1.41 bits per heavy atom. The maximum absolute atomic E-state index is 15.1. The summed E-state index contributed by atoms with van der Waals surface area (Å²) in [6, 6.07) is 6.65. The minimum Gasteiger partial charge on any atom is -0.351 e. The average molecular weight is 454 g/mol. The Balaban J connectivity index is 1.69. The summed E-state index contributed by atoms with van der Waals surface area (Å²) in [4.78, 5) is 24.6. The number of halogens is 3. The number of H-pyrrole nitrogens is 1. The third kappa shape index (κ3) is 3.92. The molecule has 1 aliphatic carbocycles. The molecule has 0 saturated heterocycles. The molecule has 1 aromatic heterocycles. The van der Waals surface area contributed by atoms with Gasteiger partial charge in [-0.25, -0.2) is 14.9 Å². The van der Waals surface area contributed by atoms with Crippen molar-refractivity contribution in [1.82, 2.24) is 15.4 Å². The van der Waals surface area contributed by atoms with E-state index in [1.54, 1.807) is 18.2 Å². The van der Waals surface area contributed by atoms with Gasteiger partial charge in [-0.1, -0.05) is 27.5 Å². The van der Waals surface area contributed by atoms with E-state index < -0.39 is 11.7 Å². The Labute approximate surface area is 167 Å². The molecule has 1 saturated carbocycles. The number of amides is 1. The minimum atomic E-state index is -0.653. The fraction of sp³-hybridized carbons (Fsp3) is 0.222. The second kappa shape index (κ2) is 7.46. The van der Waals surface area contributed by atoms with Crippen LogP contribution < -0.4 is 10.8 Å². The summed E-state index contributed by atoms with van der Waals surface area (Å²) in [7, 11) is 0. The van der Waals surface area contributed by atoms with Crippen LogP contribution in [0.2, 0.25) is 5.02 Å². The molecule has 1 heterocycles. The highest BCUT2D eigenvalue weighted by Gasteiger charge is 2.24. The van der Waals surface area contributed by atoms with Gasteiger partial charge >= 0.3 is 0 Å². The number of hydrogen-bond acceptors (Lipinski definition) is 4. The molecule has 0 spiro atoms. The van der Waals surface area contributed by atoms with Crippen LogP contribution in [-0.4, -0.2) is 22.5 Å². The van der Waals surface area contributed by atoms with Gasteiger partial charge in [-0.05, 0) is 43.0 Å². The lowest BCUT2D eigenvalue weighted by atomic mass is 10.1. The third-order valence-electron chi connectivity index (χ3n) is 4.27. The zero-order valence-corrected chi connectivity index (χ0v) is 16.3. The molecule has 0 bridgehead atoms. The molecule has 0 atom stereocenters. The van der Waals surface area contributed by atoms with Crippen LogP contribution in [0.15, 0.2) is 35.1 Å². The highest BCUT2D eigenvalue weighted by molar-refractivity contribution is 9.10. The predicted molar refractivity (Wildman–Crippen MR) is 105 cm³/mol. The summed E-state index contributed by atoms with van der Waals surface area (Å²) >= 11 is 9.55. The molecule has 2 aromatic carbocycles. The van der Waals surface area contributed by atoms with Gasteiger partial charge in [-0.2, -0.15) is 0 Å². The highest BCUT2D eigenvalue weighted by Crippen LogP contribution is 2.34. The summed E-state index contributed by atoms with van der Waals surface area (Å²) in [6.45, 7) is 0.446. The Morgan fingerprint density at radius 2 is 2.22 bits per heavy atom. The van der Waals surface area contributed by atoms with E-state index in [0.717, 1.165) is 17.3 Å². The molecule has 0 unspecified atom stereocenters. The van der Waals surface area contributed by atoms with E-state index in [4.69, 9.17) is 16.4 Å². The van der Waals surface area contributed by atoms with Crippen LogP contribution in [0.5, 0.6) is 0 Å². The SMILES string of the molecule is O=C(NOCC1CC1)c1cc2[nH]cnc2c(F)c1Nc1ccc(Br)cc1Cl. The van der Waals surface area contributed by atoms with E-state index in [0.29, 0.717) is 28.8 Å². The Morgan fingerprint density at radius 3 is 2.96 bits per heavy atom. The standard InChI is InChI=1S/C18H15BrClFN4O2/c19-10-3-4-13(12(20)5-10)24-16-11(18(26)25-27-7-9-1-2-9)6-14-17(15(16)21)23-8-22-14/h3-6,8-9,24H,1-2,7H2,(H,22,23)(H,25,26). The molecular weight excluding hydrogens is 439 g/mol. The number of aromatic nitrogens is 2. The van der Waals surface area contributed by atoms with Crippen molar-refractivity contribution < 1.29 is 14.0 Å². The largest absolute Gasteiger partial charge is 0.351 e. The van der Waals surface area contributed by atoms with Crippen LogP contribution in [0.3, 0.4) is 0 Å². The van der Waals surface area contributed by atoms with Crippen LogP contribution in [0.4, 0.5) is 15.8 Å². The first-order valence-electron chi connectivity index (χ1n) is 8.32. The highest BCUT2D eigenvalue weighted by atomic mass is 79.9. The van der Waals surface area contributed by atoms with Crippen LogP contribution in [-0.2, 0) is 4.84 Å². The van der Waals surface area contributed by atoms with Gasteiger partial charge in [0.15, 0.2) is 5.82 Å². The van der Waals surface area contributed by atoms with Gasteiger partial charge < -0.3 is 10.3 Å². The molecule has 3 aromatic rings. The molecule has 3 N–H and O–H groups in total. The lowest BCUT2D eigenvalue weighted by Gasteiger charge is -2.15. The Kier molecular flexibility index (Phi) is 5.03. The van der Waals surface area contributed by atoms with Crippen LogP contribution >= 0.6 is 27.5 Å². The maximum Gasteiger partial charge on any atom is 0.277 e. The van der Waals surface area contributed by atoms with E-state index in [1.165, 1.54) is 12.4 Å². The van der Waals surface area contributed by atoms with E-state index in [9.17, 15) is 4.79 Å². The molecule has 1 aliphatic rings. The fourth-order valence-corrected chi connectivity index (χ4v) is 3.35. The second-order valence-corrected chi connectivity index (χ2v) is 7.67. The number of hydrogen-bond donors (Lipinski definition) is 3. The summed E-state index contributed by atoms with van der Waals surface area (Å²) in [5.41, 5.74) is 3.44. The van der Waals surface area contributed by atoms with Crippen molar-refractivity contribution in [2.24, 2.45) is 5.92 Å². The number of hydroxylamine groups is 1. The number of imidazole rings is 1. The number of carbonyl (C=O) groups is 1. The Hall–Kier alpha value is -2.16. The number of nitrogens with zero attached hydrogens (tertiary/aromatic N) is 1. The quantitative estimate of drug-likeness (QED) is 0.462. The van der Waals surface area contributed by atoms with Gasteiger partial charge in [0.1, 0.15) is 5.52 Å². The van der Waals surface area contributed by atoms with Gasteiger partial charge in [-0.3, -0.25) is 9.63 Å². The zero-order valence-electron chi connectivity index (χ0n) is 14.0. The number of anilines is 2. The number of aromatic amines is 1. The summed E-state index contributed by atoms with van der Waals surface area (Å²) in [5.74, 6) is -0.724. The van der Waals surface area contributed by atoms with Gasteiger partial charge in [0.25, 0.3) is 5.91 Å². The molecule has 1 amide bonds. The topological polar surface area (TPSA) is 79.0 Å². The first-order chi connectivity index (χ1) is 13.0. The number of rotatable bonds is 6. The summed E-state index contributed by atoms with van der Waals surface area (Å²) in [5, 5.41) is 3.29. The molecule has 0 radical (unpaired) electrons.